The van der Waals surface area contributed by atoms with Gasteiger partial charge in [0.1, 0.15) is 6.04 Å². The zero-order valence-electron chi connectivity index (χ0n) is 14.6. The standard InChI is InChI=1S/C16H30N4O3/c1-4-19(5-2)14(21)12-18-7-9-20(10-8-18)16(22)15-13(3)23-11-6-17-15/h13,15,17H,4-12H2,1-3H3/t13-,15+/m1/s1. The van der Waals surface area contributed by atoms with Gasteiger partial charge in [0.15, 0.2) is 0 Å². The van der Waals surface area contributed by atoms with Crippen molar-refractivity contribution in [3.05, 3.63) is 0 Å². The minimum absolute atomic E-state index is 0.0847. The lowest BCUT2D eigenvalue weighted by atomic mass is 10.1. The fourth-order valence-electron chi connectivity index (χ4n) is 3.20. The van der Waals surface area contributed by atoms with Gasteiger partial charge in [-0.25, -0.2) is 0 Å². The molecular weight excluding hydrogens is 296 g/mol. The Labute approximate surface area is 138 Å². The van der Waals surface area contributed by atoms with Crippen molar-refractivity contribution in [2.24, 2.45) is 0 Å². The van der Waals surface area contributed by atoms with E-state index >= 15 is 0 Å². The van der Waals surface area contributed by atoms with Crippen LogP contribution in [-0.4, -0.2) is 97.6 Å². The molecule has 0 aliphatic carbocycles. The van der Waals surface area contributed by atoms with E-state index in [2.05, 4.69) is 10.2 Å². The highest BCUT2D eigenvalue weighted by Gasteiger charge is 2.33. The molecule has 7 nitrogen and oxygen atoms in total. The molecule has 2 amide bonds. The summed E-state index contributed by atoms with van der Waals surface area (Å²) in [4.78, 5) is 30.6. The van der Waals surface area contributed by atoms with Crippen molar-refractivity contribution in [2.45, 2.75) is 32.9 Å². The zero-order chi connectivity index (χ0) is 16.8. The molecule has 2 heterocycles. The largest absolute Gasteiger partial charge is 0.375 e. The van der Waals surface area contributed by atoms with Crippen molar-refractivity contribution in [3.8, 4) is 0 Å². The van der Waals surface area contributed by atoms with Gasteiger partial charge >= 0.3 is 0 Å². The van der Waals surface area contributed by atoms with Crippen LogP contribution < -0.4 is 5.32 Å². The number of carbonyl (C=O) groups excluding carboxylic acids is 2. The predicted molar refractivity (Wildman–Crippen MR) is 88.2 cm³/mol. The number of nitrogens with zero attached hydrogens (tertiary/aromatic N) is 3. The number of ether oxygens (including phenoxy) is 1. The summed E-state index contributed by atoms with van der Waals surface area (Å²) < 4.78 is 5.56. The van der Waals surface area contributed by atoms with E-state index in [4.69, 9.17) is 4.74 Å². The van der Waals surface area contributed by atoms with Crippen molar-refractivity contribution in [1.29, 1.82) is 0 Å². The van der Waals surface area contributed by atoms with Gasteiger partial charge in [-0.1, -0.05) is 0 Å². The minimum atomic E-state index is -0.243. The van der Waals surface area contributed by atoms with Crippen LogP contribution >= 0.6 is 0 Å². The molecule has 7 heteroatoms. The lowest BCUT2D eigenvalue weighted by Gasteiger charge is -2.39. The molecule has 0 bridgehead atoms. The molecule has 0 radical (unpaired) electrons. The van der Waals surface area contributed by atoms with Gasteiger partial charge in [-0.15, -0.1) is 0 Å². The second kappa shape index (κ2) is 8.61. The molecule has 2 aliphatic rings. The zero-order valence-corrected chi connectivity index (χ0v) is 14.6. The van der Waals surface area contributed by atoms with E-state index in [1.165, 1.54) is 0 Å². The Balaban J connectivity index is 1.79. The SMILES string of the molecule is CCN(CC)C(=O)CN1CCN(C(=O)[C@H]2NCCO[C@@H]2C)CC1. The minimum Gasteiger partial charge on any atom is -0.375 e. The molecule has 2 rings (SSSR count). The first-order chi connectivity index (χ1) is 11.1. The smallest absolute Gasteiger partial charge is 0.242 e. The molecule has 0 saturated carbocycles. The predicted octanol–water partition coefficient (Wildman–Crippen LogP) is -0.624. The molecular formula is C16H30N4O3. The Morgan fingerprint density at radius 2 is 1.83 bits per heavy atom. The van der Waals surface area contributed by atoms with Gasteiger partial charge in [0.25, 0.3) is 0 Å². The maximum atomic E-state index is 12.6. The number of amides is 2. The summed E-state index contributed by atoms with van der Waals surface area (Å²) in [5.41, 5.74) is 0. The van der Waals surface area contributed by atoms with Crippen molar-refractivity contribution in [3.63, 3.8) is 0 Å². The van der Waals surface area contributed by atoms with Gasteiger partial charge in [-0.05, 0) is 20.8 Å². The molecule has 2 saturated heterocycles. The highest BCUT2D eigenvalue weighted by molar-refractivity contribution is 5.83. The van der Waals surface area contributed by atoms with Crippen LogP contribution in [0.1, 0.15) is 20.8 Å². The molecule has 0 aromatic carbocycles. The first kappa shape index (κ1) is 18.2. The Kier molecular flexibility index (Phi) is 6.80. The number of carbonyl (C=O) groups is 2. The van der Waals surface area contributed by atoms with E-state index in [9.17, 15) is 9.59 Å². The van der Waals surface area contributed by atoms with Crippen molar-refractivity contribution in [2.75, 3.05) is 59.0 Å². The van der Waals surface area contributed by atoms with Crippen LogP contribution in [0.2, 0.25) is 0 Å². The van der Waals surface area contributed by atoms with Crippen LogP contribution in [0.4, 0.5) is 0 Å². The number of piperazine rings is 1. The third kappa shape index (κ3) is 4.65. The van der Waals surface area contributed by atoms with Gasteiger partial charge in [-0.2, -0.15) is 0 Å². The summed E-state index contributed by atoms with van der Waals surface area (Å²) in [5.74, 6) is 0.290. The van der Waals surface area contributed by atoms with Crippen LogP contribution in [0, 0.1) is 0 Å². The third-order valence-corrected chi connectivity index (χ3v) is 4.74. The Morgan fingerprint density at radius 3 is 2.39 bits per heavy atom. The van der Waals surface area contributed by atoms with Gasteiger partial charge in [0, 0.05) is 45.8 Å². The molecule has 2 aliphatic heterocycles. The number of hydrogen-bond acceptors (Lipinski definition) is 5. The quantitative estimate of drug-likeness (QED) is 0.729. The Morgan fingerprint density at radius 1 is 1.17 bits per heavy atom. The summed E-state index contributed by atoms with van der Waals surface area (Å²) in [5, 5.41) is 3.25. The van der Waals surface area contributed by atoms with Gasteiger partial charge in [0.05, 0.1) is 19.3 Å². The highest BCUT2D eigenvalue weighted by atomic mass is 16.5. The van der Waals surface area contributed by atoms with E-state index < -0.39 is 0 Å². The Hall–Kier alpha value is -1.18. The molecule has 0 unspecified atom stereocenters. The lowest BCUT2D eigenvalue weighted by molar-refractivity contribution is -0.141. The first-order valence-corrected chi connectivity index (χ1v) is 8.70. The van der Waals surface area contributed by atoms with E-state index in [-0.39, 0.29) is 24.0 Å². The summed E-state index contributed by atoms with van der Waals surface area (Å²) in [7, 11) is 0. The van der Waals surface area contributed by atoms with Gasteiger partial charge in [-0.3, -0.25) is 14.5 Å². The van der Waals surface area contributed by atoms with E-state index in [1.807, 2.05) is 30.6 Å². The van der Waals surface area contributed by atoms with Crippen molar-refractivity contribution < 1.29 is 14.3 Å². The number of hydrogen-bond donors (Lipinski definition) is 1. The third-order valence-electron chi connectivity index (χ3n) is 4.74. The number of rotatable bonds is 5. The molecule has 132 valence electrons. The average molecular weight is 326 g/mol. The number of morpholine rings is 1. The van der Waals surface area contributed by atoms with Gasteiger partial charge in [0.2, 0.25) is 11.8 Å². The number of likely N-dealkylation sites (N-methyl/N-ethyl adjacent to an activating group) is 1. The van der Waals surface area contributed by atoms with Crippen LogP contribution in [0.5, 0.6) is 0 Å². The van der Waals surface area contributed by atoms with E-state index in [1.54, 1.807) is 0 Å². The second-order valence-electron chi connectivity index (χ2n) is 6.18. The van der Waals surface area contributed by atoms with Crippen molar-refractivity contribution in [1.82, 2.24) is 20.0 Å². The molecule has 0 aromatic rings. The topological polar surface area (TPSA) is 65.1 Å². The highest BCUT2D eigenvalue weighted by Crippen LogP contribution is 2.10. The normalized spacial score (nSPS) is 26.1. The number of nitrogens with one attached hydrogen (secondary N) is 1. The summed E-state index contributed by atoms with van der Waals surface area (Å²) in [6, 6.07) is -0.243. The van der Waals surface area contributed by atoms with E-state index in [0.717, 1.165) is 32.7 Å². The first-order valence-electron chi connectivity index (χ1n) is 8.70. The van der Waals surface area contributed by atoms with Crippen LogP contribution in [0.15, 0.2) is 0 Å². The molecule has 2 atom stereocenters. The van der Waals surface area contributed by atoms with Gasteiger partial charge < -0.3 is 19.9 Å². The molecule has 2 fully saturated rings. The lowest BCUT2D eigenvalue weighted by Crippen LogP contribution is -2.60. The fourth-order valence-corrected chi connectivity index (χ4v) is 3.20. The molecule has 1 N–H and O–H groups in total. The molecule has 0 aromatic heterocycles. The second-order valence-corrected chi connectivity index (χ2v) is 6.18. The molecule has 23 heavy (non-hydrogen) atoms. The maximum absolute atomic E-state index is 12.6. The van der Waals surface area contributed by atoms with Crippen LogP contribution in [-0.2, 0) is 14.3 Å². The summed E-state index contributed by atoms with van der Waals surface area (Å²) in [6.07, 6.45) is -0.0847. The van der Waals surface area contributed by atoms with Crippen molar-refractivity contribution >= 4 is 11.8 Å². The monoisotopic (exact) mass is 326 g/mol. The summed E-state index contributed by atoms with van der Waals surface area (Å²) in [6.45, 7) is 12.1. The maximum Gasteiger partial charge on any atom is 0.242 e. The molecule has 0 spiro atoms. The average Bonchev–Trinajstić information content (AvgIpc) is 2.56. The van der Waals surface area contributed by atoms with Crippen LogP contribution in [0.25, 0.3) is 0 Å². The fraction of sp³-hybridized carbons (Fsp3) is 0.875. The summed E-state index contributed by atoms with van der Waals surface area (Å²) >= 11 is 0. The Bertz CT molecular complexity index is 406. The van der Waals surface area contributed by atoms with E-state index in [0.29, 0.717) is 26.2 Å². The van der Waals surface area contributed by atoms with Crippen LogP contribution in [0.3, 0.4) is 0 Å².